The Morgan fingerprint density at radius 1 is 1.17 bits per heavy atom. The number of hydrazine groups is 1. The Hall–Kier alpha value is -1.30. The first kappa shape index (κ1) is 14.8. The highest BCUT2D eigenvalue weighted by Gasteiger charge is 2.38. The molecule has 6 nitrogen and oxygen atoms in total. The molecule has 0 radical (unpaired) electrons. The summed E-state index contributed by atoms with van der Waals surface area (Å²) in [4.78, 5) is 23.0. The highest BCUT2D eigenvalue weighted by Crippen LogP contribution is 2.34. The van der Waals surface area contributed by atoms with Gasteiger partial charge in [-0.2, -0.15) is 0 Å². The number of aliphatic carboxylic acids is 1. The van der Waals surface area contributed by atoms with Gasteiger partial charge in [-0.15, -0.1) is 0 Å². The van der Waals surface area contributed by atoms with E-state index in [1.807, 2.05) is 0 Å². The van der Waals surface area contributed by atoms with Gasteiger partial charge in [-0.1, -0.05) is 25.7 Å². The van der Waals surface area contributed by atoms with Gasteiger partial charge < -0.3 is 10.4 Å². The monoisotopic (exact) mass is 257 g/mol. The Labute approximate surface area is 108 Å². The average Bonchev–Trinajstić information content (AvgIpc) is 2.51. The highest BCUT2D eigenvalue weighted by molar-refractivity contribution is 5.77. The number of nitrogens with zero attached hydrogens (tertiary/aromatic N) is 1. The summed E-state index contributed by atoms with van der Waals surface area (Å²) in [6.07, 6.45) is 5.29. The minimum atomic E-state index is -0.797. The molecule has 0 unspecified atom stereocenters. The fourth-order valence-corrected chi connectivity index (χ4v) is 2.36. The lowest BCUT2D eigenvalue weighted by Crippen LogP contribution is -2.49. The molecule has 0 heterocycles. The highest BCUT2D eigenvalue weighted by atomic mass is 16.4. The lowest BCUT2D eigenvalue weighted by molar-refractivity contribution is -0.149. The molecule has 104 valence electrons. The maximum atomic E-state index is 11.5. The van der Waals surface area contributed by atoms with Crippen LogP contribution in [0.4, 0.5) is 4.79 Å². The molecule has 2 amide bonds. The molecule has 0 bridgehead atoms. The first-order valence-electron chi connectivity index (χ1n) is 6.41. The molecule has 3 N–H and O–H groups in total. The zero-order chi connectivity index (χ0) is 13.6. The number of carboxylic acids is 1. The molecule has 1 fully saturated rings. The molecule has 0 aromatic carbocycles. The summed E-state index contributed by atoms with van der Waals surface area (Å²) in [7, 11) is 3.41. The molecule has 0 spiro atoms. The number of carbonyl (C=O) groups is 2. The average molecular weight is 257 g/mol. The van der Waals surface area contributed by atoms with Gasteiger partial charge in [0.25, 0.3) is 0 Å². The molecule has 6 heteroatoms. The van der Waals surface area contributed by atoms with Gasteiger partial charge in [-0.3, -0.25) is 10.2 Å². The summed E-state index contributed by atoms with van der Waals surface area (Å²) in [5.41, 5.74) is 1.75. The van der Waals surface area contributed by atoms with E-state index in [0.717, 1.165) is 25.7 Å². The van der Waals surface area contributed by atoms with Crippen molar-refractivity contribution in [3.8, 4) is 0 Å². The van der Waals surface area contributed by atoms with E-state index in [2.05, 4.69) is 10.7 Å². The SMILES string of the molecule is CN(C)NC(=O)NCC1(C(=O)O)CCCCCC1. The second-order valence-electron chi connectivity index (χ2n) is 5.19. The topological polar surface area (TPSA) is 81.7 Å². The maximum absolute atomic E-state index is 11.5. The van der Waals surface area contributed by atoms with E-state index in [1.165, 1.54) is 5.01 Å². The Kier molecular flexibility index (Phi) is 5.40. The normalized spacial score (nSPS) is 19.1. The summed E-state index contributed by atoms with van der Waals surface area (Å²) < 4.78 is 0. The number of nitrogens with one attached hydrogen (secondary N) is 2. The summed E-state index contributed by atoms with van der Waals surface area (Å²) >= 11 is 0. The van der Waals surface area contributed by atoms with Crippen LogP contribution in [-0.2, 0) is 4.79 Å². The smallest absolute Gasteiger partial charge is 0.329 e. The number of rotatable bonds is 4. The van der Waals surface area contributed by atoms with Crippen LogP contribution in [0.3, 0.4) is 0 Å². The van der Waals surface area contributed by atoms with Gasteiger partial charge in [0.15, 0.2) is 0 Å². The van der Waals surface area contributed by atoms with E-state index in [0.29, 0.717) is 12.8 Å². The molecule has 0 aromatic heterocycles. The molecule has 18 heavy (non-hydrogen) atoms. The number of hydrogen-bond acceptors (Lipinski definition) is 3. The van der Waals surface area contributed by atoms with Crippen LogP contribution in [0.25, 0.3) is 0 Å². The van der Waals surface area contributed by atoms with Gasteiger partial charge >= 0.3 is 12.0 Å². The number of urea groups is 1. The van der Waals surface area contributed by atoms with Gasteiger partial charge in [0.2, 0.25) is 0 Å². The van der Waals surface area contributed by atoms with Crippen molar-refractivity contribution >= 4 is 12.0 Å². The summed E-state index contributed by atoms with van der Waals surface area (Å²) in [5, 5.41) is 13.6. The predicted octanol–water partition coefficient (Wildman–Crippen LogP) is 1.19. The molecular formula is C12H23N3O3. The van der Waals surface area contributed by atoms with Gasteiger partial charge in [0.05, 0.1) is 5.41 Å². The maximum Gasteiger partial charge on any atom is 0.329 e. The fourth-order valence-electron chi connectivity index (χ4n) is 2.36. The van der Waals surface area contributed by atoms with Crippen molar-refractivity contribution in [2.75, 3.05) is 20.6 Å². The zero-order valence-electron chi connectivity index (χ0n) is 11.2. The predicted molar refractivity (Wildman–Crippen MR) is 68.0 cm³/mol. The van der Waals surface area contributed by atoms with Crippen LogP contribution in [0.15, 0.2) is 0 Å². The summed E-state index contributed by atoms with van der Waals surface area (Å²) in [6, 6.07) is -0.357. The van der Waals surface area contributed by atoms with Crippen molar-refractivity contribution < 1.29 is 14.7 Å². The molecule has 1 saturated carbocycles. The number of hydrogen-bond donors (Lipinski definition) is 3. The van der Waals surface area contributed by atoms with E-state index in [-0.39, 0.29) is 12.6 Å². The fraction of sp³-hybridized carbons (Fsp3) is 0.833. The molecule has 0 saturated heterocycles. The van der Waals surface area contributed by atoms with E-state index in [1.54, 1.807) is 14.1 Å². The Morgan fingerprint density at radius 2 is 1.72 bits per heavy atom. The minimum absolute atomic E-state index is 0.196. The van der Waals surface area contributed by atoms with Crippen molar-refractivity contribution in [2.24, 2.45) is 5.41 Å². The van der Waals surface area contributed by atoms with Crippen molar-refractivity contribution in [2.45, 2.75) is 38.5 Å². The first-order valence-corrected chi connectivity index (χ1v) is 6.41. The Balaban J connectivity index is 2.57. The van der Waals surface area contributed by atoms with Crippen molar-refractivity contribution in [3.63, 3.8) is 0 Å². The third-order valence-corrected chi connectivity index (χ3v) is 3.43. The molecule has 1 aliphatic carbocycles. The van der Waals surface area contributed by atoms with Gasteiger partial charge in [-0.05, 0) is 12.8 Å². The standard InChI is InChI=1S/C12H23N3O3/c1-15(2)14-11(18)13-9-12(10(16)17)7-5-3-4-6-8-12/h3-9H2,1-2H3,(H,16,17)(H2,13,14,18). The molecule has 0 aromatic rings. The van der Waals surface area contributed by atoms with Crippen molar-refractivity contribution in [1.29, 1.82) is 0 Å². The second-order valence-corrected chi connectivity index (χ2v) is 5.19. The largest absolute Gasteiger partial charge is 0.481 e. The van der Waals surface area contributed by atoms with E-state index in [9.17, 15) is 14.7 Å². The third-order valence-electron chi connectivity index (χ3n) is 3.43. The van der Waals surface area contributed by atoms with Gasteiger partial charge in [0, 0.05) is 20.6 Å². The summed E-state index contributed by atoms with van der Waals surface area (Å²) in [5.74, 6) is -0.797. The van der Waals surface area contributed by atoms with Gasteiger partial charge in [0.1, 0.15) is 0 Å². The second kappa shape index (κ2) is 6.58. The van der Waals surface area contributed by atoms with E-state index >= 15 is 0 Å². The number of amides is 2. The van der Waals surface area contributed by atoms with Crippen molar-refractivity contribution in [3.05, 3.63) is 0 Å². The van der Waals surface area contributed by atoms with Crippen LogP contribution in [0.2, 0.25) is 0 Å². The quantitative estimate of drug-likeness (QED) is 0.522. The van der Waals surface area contributed by atoms with Crippen molar-refractivity contribution in [1.82, 2.24) is 15.8 Å². The molecule has 0 atom stereocenters. The minimum Gasteiger partial charge on any atom is -0.481 e. The molecule has 1 rings (SSSR count). The van der Waals surface area contributed by atoms with Gasteiger partial charge in [-0.25, -0.2) is 9.80 Å². The third kappa shape index (κ3) is 4.18. The summed E-state index contributed by atoms with van der Waals surface area (Å²) in [6.45, 7) is 0.196. The lowest BCUT2D eigenvalue weighted by atomic mass is 9.80. The molecular weight excluding hydrogens is 234 g/mol. The first-order chi connectivity index (χ1) is 8.46. The lowest BCUT2D eigenvalue weighted by Gasteiger charge is -2.28. The number of carbonyl (C=O) groups excluding carboxylic acids is 1. The Morgan fingerprint density at radius 3 is 2.17 bits per heavy atom. The van der Waals surface area contributed by atoms with E-state index in [4.69, 9.17) is 0 Å². The number of carboxylic acid groups (broad SMARTS) is 1. The van der Waals surface area contributed by atoms with Crippen LogP contribution < -0.4 is 10.7 Å². The van der Waals surface area contributed by atoms with E-state index < -0.39 is 11.4 Å². The van der Waals surface area contributed by atoms with Crippen LogP contribution >= 0.6 is 0 Å². The molecule has 0 aliphatic heterocycles. The van der Waals surface area contributed by atoms with Crippen LogP contribution in [0, 0.1) is 5.41 Å². The van der Waals surface area contributed by atoms with Crippen LogP contribution in [0.1, 0.15) is 38.5 Å². The Bertz CT molecular complexity index is 297. The van der Waals surface area contributed by atoms with Crippen LogP contribution in [-0.4, -0.2) is 42.8 Å². The zero-order valence-corrected chi connectivity index (χ0v) is 11.2. The molecule has 1 aliphatic rings. The van der Waals surface area contributed by atoms with Crippen LogP contribution in [0.5, 0.6) is 0 Å².